The molecular formula is C48H120Si14. The van der Waals surface area contributed by atoms with Gasteiger partial charge in [-0.3, -0.25) is 0 Å². The van der Waals surface area contributed by atoms with Gasteiger partial charge in [0.05, 0.1) is 0 Å². The van der Waals surface area contributed by atoms with Crippen molar-refractivity contribution in [2.45, 2.75) is 311 Å². The summed E-state index contributed by atoms with van der Waals surface area (Å²) in [5, 5.41) is 3.64. The number of hydrogen-bond acceptors (Lipinski definition) is 0. The van der Waals surface area contributed by atoms with Crippen LogP contribution >= 0.6 is 0 Å². The zero-order valence-corrected chi connectivity index (χ0v) is 65.0. The van der Waals surface area contributed by atoms with Gasteiger partial charge in [0.25, 0.3) is 0 Å². The van der Waals surface area contributed by atoms with Crippen LogP contribution in [0.4, 0.5) is 0 Å². The highest BCUT2D eigenvalue weighted by Gasteiger charge is 3.32. The van der Waals surface area contributed by atoms with E-state index in [1.165, 1.54) is 0 Å². The van der Waals surface area contributed by atoms with Gasteiger partial charge in [-0.2, -0.15) is 0 Å². The fraction of sp³-hybridized carbons (Fsp3) is 1.00. The first-order valence-corrected chi connectivity index (χ1v) is 78.0. The van der Waals surface area contributed by atoms with Crippen molar-refractivity contribution in [1.82, 2.24) is 0 Å². The maximum Gasteiger partial charge on any atom is 0.0382 e. The Kier molecular flexibility index (Phi) is 13.4. The zero-order chi connectivity index (χ0) is 51.0. The SMILES string of the molecule is CC(C)(C)[Si](C)(C)[Si]1([Si](C)(C)C(C)(C)C)[Si]2([Si](C)(C)C(C)(C)C)[Si]1([Si](C)(C)C(C)(C)C)[Si]1([Si](C)(C)C(C)(C)C)[Si]([Si](C)(C)C(C)(C)C)([Si](C)(C)C(C)(C)C)[Si]21[Si](C)(C)C(C)(C)C. The van der Waals surface area contributed by atoms with Crippen molar-refractivity contribution in [3.05, 3.63) is 0 Å². The molecule has 0 atom stereocenters. The van der Waals surface area contributed by atoms with Crippen LogP contribution in [0.1, 0.15) is 166 Å². The summed E-state index contributed by atoms with van der Waals surface area (Å²) in [5.41, 5.74) is 0. The molecule has 14 heteroatoms. The molecule has 0 aromatic heterocycles. The molecule has 0 unspecified atom stereocenters. The Bertz CT molecular complexity index is 1520. The predicted molar refractivity (Wildman–Crippen MR) is 332 cm³/mol. The Balaban J connectivity index is 3.61. The van der Waals surface area contributed by atoms with E-state index in [1.807, 2.05) is 0 Å². The summed E-state index contributed by atoms with van der Waals surface area (Å²) in [5.74, 6) is 0. The Hall–Kier alpha value is 3.04. The van der Waals surface area contributed by atoms with Gasteiger partial charge in [-0.15, -0.1) is 0 Å². The van der Waals surface area contributed by atoms with Crippen molar-refractivity contribution in [2.75, 3.05) is 0 Å². The molecule has 0 aromatic carbocycles. The van der Waals surface area contributed by atoms with Gasteiger partial charge < -0.3 is 0 Å². The van der Waals surface area contributed by atoms with Crippen LogP contribution in [-0.2, 0) is 0 Å². The summed E-state index contributed by atoms with van der Waals surface area (Å²) in [6, 6.07) is 0. The lowest BCUT2D eigenvalue weighted by Gasteiger charge is -2.72. The van der Waals surface area contributed by atoms with Gasteiger partial charge in [-0.1, -0.05) is 271 Å². The topological polar surface area (TPSA) is 0 Å². The Labute approximate surface area is 405 Å². The fourth-order valence-electron chi connectivity index (χ4n) is 18.8. The van der Waals surface area contributed by atoms with Crippen molar-refractivity contribution in [3.63, 3.8) is 0 Å². The van der Waals surface area contributed by atoms with Crippen molar-refractivity contribution in [2.24, 2.45) is 0 Å². The standard InChI is InChI=1S/C48H120Si14/c1-41(2,3)49(25,26)57(50(27,28)42(4,5)6)59(53(33,34)45(13,14)15)60(57,54(35,36)46(16,17)18)62(56(39,40)48(22,23)24)58(51(29,30)43(7,8)9,52(31,32)44(10,11)12)61(59,62)55(37,38)47(19,20)21/h1-40H3. The molecule has 0 N–H and O–H groups in total. The van der Waals surface area contributed by atoms with Crippen LogP contribution in [0, 0.1) is 0 Å². The minimum absolute atomic E-state index is 0.452. The highest BCUT2D eigenvalue weighted by atomic mass is 31.2. The van der Waals surface area contributed by atoms with Crippen LogP contribution in [0.2, 0.25) is 145 Å². The van der Waals surface area contributed by atoms with E-state index in [0.717, 1.165) is 0 Å². The third kappa shape index (κ3) is 5.25. The lowest BCUT2D eigenvalue weighted by molar-refractivity contribution is 0.726. The molecule has 0 nitrogen and oxygen atoms in total. The molecule has 3 fully saturated rings. The van der Waals surface area contributed by atoms with E-state index in [1.54, 1.807) is 0 Å². The van der Waals surface area contributed by atoms with Gasteiger partial charge in [0.1, 0.15) is 0 Å². The van der Waals surface area contributed by atoms with E-state index < -0.39 is 97.6 Å². The van der Waals surface area contributed by atoms with E-state index >= 15 is 0 Å². The van der Waals surface area contributed by atoms with E-state index in [-0.39, 0.29) is 0 Å². The summed E-state index contributed by atoms with van der Waals surface area (Å²) in [4.78, 5) is 0. The quantitative estimate of drug-likeness (QED) is 0.213. The molecule has 0 aliphatic carbocycles. The van der Waals surface area contributed by atoms with E-state index in [4.69, 9.17) is 0 Å². The number of hydrogen-bond donors (Lipinski definition) is 0. The molecule has 0 aromatic rings. The fourth-order valence-corrected chi connectivity index (χ4v) is 1720. The van der Waals surface area contributed by atoms with Gasteiger partial charge in [0, 0.05) is 97.6 Å². The van der Waals surface area contributed by atoms with Gasteiger partial charge in [0.15, 0.2) is 0 Å². The van der Waals surface area contributed by atoms with Crippen LogP contribution in [-0.4, -0.2) is 97.6 Å². The van der Waals surface area contributed by atoms with Gasteiger partial charge >= 0.3 is 0 Å². The van der Waals surface area contributed by atoms with Crippen LogP contribution in [0.15, 0.2) is 0 Å². The Morgan fingerprint density at radius 3 is 0.306 bits per heavy atom. The van der Waals surface area contributed by atoms with Crippen molar-refractivity contribution in [3.8, 4) is 0 Å². The molecule has 0 spiro atoms. The maximum absolute atomic E-state index is 3.35. The smallest absolute Gasteiger partial charge is 0.0382 e. The summed E-state index contributed by atoms with van der Waals surface area (Å²) < 4.78 is 0. The first kappa shape index (κ1) is 59.3. The van der Waals surface area contributed by atoms with Crippen LogP contribution in [0.3, 0.4) is 0 Å². The van der Waals surface area contributed by atoms with Crippen molar-refractivity contribution >= 4 is 97.6 Å². The van der Waals surface area contributed by atoms with E-state index in [0.29, 0.717) is 40.3 Å². The van der Waals surface area contributed by atoms with Gasteiger partial charge in [-0.25, -0.2) is 0 Å². The molecule has 3 rings (SSSR count). The van der Waals surface area contributed by atoms with Gasteiger partial charge in [0.2, 0.25) is 0 Å². The summed E-state index contributed by atoms with van der Waals surface area (Å²) in [6.07, 6.45) is -12.1. The highest BCUT2D eigenvalue weighted by molar-refractivity contribution is 8.95. The second-order valence-corrected chi connectivity index (χ2v) is 220. The van der Waals surface area contributed by atoms with Crippen LogP contribution < -0.4 is 0 Å². The third-order valence-corrected chi connectivity index (χ3v) is 606. The largest absolute Gasteiger partial charge is 0.0715 e. The van der Waals surface area contributed by atoms with Crippen LogP contribution in [0.25, 0.3) is 0 Å². The summed E-state index contributed by atoms with van der Waals surface area (Å²) >= 11 is 0. The average Bonchev–Trinajstić information content (AvgIpc) is 3.71. The van der Waals surface area contributed by atoms with Crippen molar-refractivity contribution in [1.29, 1.82) is 0 Å². The molecule has 62 heavy (non-hydrogen) atoms. The average molecular weight is 1090 g/mol. The Morgan fingerprint density at radius 1 is 0.161 bits per heavy atom. The molecule has 3 aliphatic rings. The second kappa shape index (κ2) is 14.0. The first-order valence-electron chi connectivity index (χ1n) is 26.0. The third-order valence-electron chi connectivity index (χ3n) is 26.9. The molecule has 3 aliphatic heterocycles. The first-order chi connectivity index (χ1) is 26.0. The molecule has 0 bridgehead atoms. The lowest BCUT2D eigenvalue weighted by atomic mass is 10.2. The molecule has 3 heterocycles. The normalized spacial score (nSPS) is 29.8. The van der Waals surface area contributed by atoms with Crippen LogP contribution in [0.5, 0.6) is 0 Å². The molecule has 3 saturated heterocycles. The monoisotopic (exact) mass is 1090 g/mol. The molecule has 0 saturated carbocycles. The van der Waals surface area contributed by atoms with Crippen molar-refractivity contribution < 1.29 is 0 Å². The second-order valence-electron chi connectivity index (χ2n) is 35.5. The molecule has 368 valence electrons. The molecular weight excluding hydrogens is 970 g/mol. The maximum atomic E-state index is 3.35. The van der Waals surface area contributed by atoms with E-state index in [2.05, 4.69) is 271 Å². The minimum Gasteiger partial charge on any atom is -0.0715 e. The zero-order valence-electron chi connectivity index (χ0n) is 51.0. The minimum atomic E-state index is -2.03. The van der Waals surface area contributed by atoms with Gasteiger partial charge in [-0.05, 0) is 40.3 Å². The highest BCUT2D eigenvalue weighted by Crippen LogP contribution is 2.99. The summed E-state index contributed by atoms with van der Waals surface area (Å²) in [6.45, 7) is 124. The Morgan fingerprint density at radius 2 is 0.242 bits per heavy atom. The molecule has 0 radical (unpaired) electrons. The number of fused-ring (bicyclic) bond motifs is 4. The predicted octanol–water partition coefficient (Wildman–Crippen LogP) is 18.0. The summed E-state index contributed by atoms with van der Waals surface area (Å²) in [7, 11) is -15.7. The van der Waals surface area contributed by atoms with E-state index in [9.17, 15) is 0 Å². The lowest BCUT2D eigenvalue weighted by Crippen LogP contribution is -3.01. The number of rotatable bonds is 8. The molecule has 0 amide bonds.